The lowest BCUT2D eigenvalue weighted by Crippen LogP contribution is -2.05. The number of rotatable bonds is 3. The molecule has 3 aromatic rings. The first-order chi connectivity index (χ1) is 10.1. The van der Waals surface area contributed by atoms with E-state index in [0.29, 0.717) is 29.5 Å². The third-order valence-electron chi connectivity index (χ3n) is 3.28. The first-order valence-electron chi connectivity index (χ1n) is 6.46. The normalized spacial score (nSPS) is 11.2. The maximum Gasteiger partial charge on any atom is 0.165 e. The highest BCUT2D eigenvalue weighted by atomic mass is 79.9. The van der Waals surface area contributed by atoms with Crippen LogP contribution in [0.5, 0.6) is 0 Å². The van der Waals surface area contributed by atoms with E-state index in [1.54, 1.807) is 22.9 Å². The van der Waals surface area contributed by atoms with Crippen molar-refractivity contribution in [2.24, 2.45) is 0 Å². The molecule has 108 valence electrons. The van der Waals surface area contributed by atoms with Crippen LogP contribution in [0.15, 0.2) is 34.9 Å². The lowest BCUT2D eigenvalue weighted by Gasteiger charge is -2.09. The highest BCUT2D eigenvalue weighted by Gasteiger charge is 2.17. The Kier molecular flexibility index (Phi) is 3.95. The molecule has 1 aromatic carbocycles. The Morgan fingerprint density at radius 2 is 2.14 bits per heavy atom. The summed E-state index contributed by atoms with van der Waals surface area (Å²) in [5, 5.41) is 0. The van der Waals surface area contributed by atoms with Gasteiger partial charge in [0.25, 0.3) is 0 Å². The van der Waals surface area contributed by atoms with Gasteiger partial charge in [-0.05, 0) is 36.8 Å². The van der Waals surface area contributed by atoms with Crippen LogP contribution in [0.2, 0.25) is 0 Å². The molecule has 0 spiro atoms. The van der Waals surface area contributed by atoms with E-state index in [9.17, 15) is 4.39 Å². The van der Waals surface area contributed by atoms with Gasteiger partial charge in [0, 0.05) is 23.0 Å². The predicted octanol–water partition coefficient (Wildman–Crippen LogP) is 4.41. The lowest BCUT2D eigenvalue weighted by atomic mass is 10.2. The van der Waals surface area contributed by atoms with Crippen molar-refractivity contribution in [1.82, 2.24) is 14.5 Å². The molecule has 0 aliphatic rings. The van der Waals surface area contributed by atoms with Crippen LogP contribution in [0.1, 0.15) is 11.4 Å². The van der Waals surface area contributed by atoms with E-state index in [1.165, 1.54) is 6.07 Å². The fourth-order valence-electron chi connectivity index (χ4n) is 2.30. The molecule has 0 radical (unpaired) electrons. The summed E-state index contributed by atoms with van der Waals surface area (Å²) < 4.78 is 16.8. The monoisotopic (exact) mass is 367 g/mol. The number of benzene rings is 1. The SMILES string of the molecule is Cc1ccnc2c1nc(CCCl)n2-c1cc(Br)ccc1F. The molecule has 0 N–H and O–H groups in total. The van der Waals surface area contributed by atoms with Gasteiger partial charge in [0.1, 0.15) is 17.2 Å². The topological polar surface area (TPSA) is 30.7 Å². The summed E-state index contributed by atoms with van der Waals surface area (Å²) in [5.41, 5.74) is 2.85. The molecule has 0 saturated carbocycles. The van der Waals surface area contributed by atoms with Crippen molar-refractivity contribution >= 4 is 38.7 Å². The molecule has 0 unspecified atom stereocenters. The van der Waals surface area contributed by atoms with Crippen molar-refractivity contribution in [3.63, 3.8) is 0 Å². The largest absolute Gasteiger partial charge is 0.278 e. The number of aryl methyl sites for hydroxylation is 2. The van der Waals surface area contributed by atoms with Crippen molar-refractivity contribution in [2.45, 2.75) is 13.3 Å². The average Bonchev–Trinajstić information content (AvgIpc) is 2.82. The molecular formula is C15H12BrClFN3. The molecule has 3 rings (SSSR count). The highest BCUT2D eigenvalue weighted by molar-refractivity contribution is 9.10. The second-order valence-electron chi connectivity index (χ2n) is 4.70. The molecular weight excluding hydrogens is 357 g/mol. The lowest BCUT2D eigenvalue weighted by molar-refractivity contribution is 0.616. The Morgan fingerprint density at radius 3 is 2.90 bits per heavy atom. The summed E-state index contributed by atoms with van der Waals surface area (Å²) in [6.07, 6.45) is 2.25. The van der Waals surface area contributed by atoms with Crippen LogP contribution in [-0.4, -0.2) is 20.4 Å². The molecule has 2 aromatic heterocycles. The fraction of sp³-hybridized carbons (Fsp3) is 0.200. The number of pyridine rings is 1. The number of hydrogen-bond acceptors (Lipinski definition) is 2. The molecule has 0 aliphatic heterocycles. The van der Waals surface area contributed by atoms with Crippen LogP contribution in [0.4, 0.5) is 4.39 Å². The zero-order chi connectivity index (χ0) is 15.0. The van der Waals surface area contributed by atoms with Crippen molar-refractivity contribution in [3.05, 3.63) is 52.1 Å². The number of imidazole rings is 1. The van der Waals surface area contributed by atoms with E-state index < -0.39 is 0 Å². The fourth-order valence-corrected chi connectivity index (χ4v) is 2.82. The van der Waals surface area contributed by atoms with Crippen LogP contribution in [0.3, 0.4) is 0 Å². The molecule has 3 nitrogen and oxygen atoms in total. The van der Waals surface area contributed by atoms with Crippen molar-refractivity contribution in [3.8, 4) is 5.69 Å². The van der Waals surface area contributed by atoms with Crippen molar-refractivity contribution < 1.29 is 4.39 Å². The predicted molar refractivity (Wildman–Crippen MR) is 85.7 cm³/mol. The molecule has 0 atom stereocenters. The van der Waals surface area contributed by atoms with Gasteiger partial charge < -0.3 is 0 Å². The number of nitrogens with zero attached hydrogens (tertiary/aromatic N) is 3. The smallest absolute Gasteiger partial charge is 0.165 e. The van der Waals surface area contributed by atoms with Gasteiger partial charge in [-0.3, -0.25) is 4.57 Å². The molecule has 0 bridgehead atoms. The summed E-state index contributed by atoms with van der Waals surface area (Å²) in [7, 11) is 0. The first-order valence-corrected chi connectivity index (χ1v) is 7.79. The Morgan fingerprint density at radius 1 is 1.33 bits per heavy atom. The van der Waals surface area contributed by atoms with E-state index in [-0.39, 0.29) is 5.82 Å². The second-order valence-corrected chi connectivity index (χ2v) is 5.99. The van der Waals surface area contributed by atoms with Crippen molar-refractivity contribution in [1.29, 1.82) is 0 Å². The molecule has 6 heteroatoms. The van der Waals surface area contributed by atoms with Gasteiger partial charge in [-0.25, -0.2) is 14.4 Å². The Bertz CT molecular complexity index is 816. The van der Waals surface area contributed by atoms with Gasteiger partial charge in [0.15, 0.2) is 5.65 Å². The standard InChI is InChI=1S/C15H12BrClFN3/c1-9-5-7-19-15-14(9)20-13(4-6-17)21(15)12-8-10(16)2-3-11(12)18/h2-3,5,7-8H,4,6H2,1H3. The molecule has 0 amide bonds. The van der Waals surface area contributed by atoms with Gasteiger partial charge in [-0.1, -0.05) is 15.9 Å². The Balaban J connectivity index is 2.36. The molecule has 0 fully saturated rings. The number of halogens is 3. The van der Waals surface area contributed by atoms with Crippen molar-refractivity contribution in [2.75, 3.05) is 5.88 Å². The second kappa shape index (κ2) is 5.73. The zero-order valence-electron chi connectivity index (χ0n) is 11.3. The summed E-state index contributed by atoms with van der Waals surface area (Å²) >= 11 is 9.23. The summed E-state index contributed by atoms with van der Waals surface area (Å²) in [5.74, 6) is 0.799. The van der Waals surface area contributed by atoms with Crippen LogP contribution in [-0.2, 0) is 6.42 Å². The number of hydrogen-bond donors (Lipinski definition) is 0. The Labute approximate surface area is 134 Å². The minimum Gasteiger partial charge on any atom is -0.278 e. The molecule has 2 heterocycles. The third kappa shape index (κ3) is 2.56. The van der Waals surface area contributed by atoms with E-state index in [4.69, 9.17) is 11.6 Å². The summed E-state index contributed by atoms with van der Waals surface area (Å²) in [4.78, 5) is 8.95. The summed E-state index contributed by atoms with van der Waals surface area (Å²) in [6, 6.07) is 6.70. The van der Waals surface area contributed by atoms with Gasteiger partial charge in [0.05, 0.1) is 5.69 Å². The number of fused-ring (bicyclic) bond motifs is 1. The minimum absolute atomic E-state index is 0.323. The first kappa shape index (κ1) is 14.5. The Hall–Kier alpha value is -1.46. The van der Waals surface area contributed by atoms with E-state index in [2.05, 4.69) is 25.9 Å². The maximum absolute atomic E-state index is 14.3. The quantitative estimate of drug-likeness (QED) is 0.641. The van der Waals surface area contributed by atoms with Crippen LogP contribution in [0.25, 0.3) is 16.9 Å². The average molecular weight is 369 g/mol. The van der Waals surface area contributed by atoms with Gasteiger partial charge >= 0.3 is 0 Å². The number of aromatic nitrogens is 3. The van der Waals surface area contributed by atoms with E-state index >= 15 is 0 Å². The van der Waals surface area contributed by atoms with Gasteiger partial charge in [0.2, 0.25) is 0 Å². The van der Waals surface area contributed by atoms with Gasteiger partial charge in [-0.15, -0.1) is 11.6 Å². The van der Waals surface area contributed by atoms with E-state index in [0.717, 1.165) is 15.6 Å². The number of alkyl halides is 1. The molecule has 0 aliphatic carbocycles. The zero-order valence-corrected chi connectivity index (χ0v) is 13.6. The summed E-state index contributed by atoms with van der Waals surface area (Å²) in [6.45, 7) is 1.96. The van der Waals surface area contributed by atoms with Crippen LogP contribution in [0, 0.1) is 12.7 Å². The highest BCUT2D eigenvalue weighted by Crippen LogP contribution is 2.26. The molecule has 0 saturated heterocycles. The third-order valence-corrected chi connectivity index (χ3v) is 3.97. The molecule has 21 heavy (non-hydrogen) atoms. The minimum atomic E-state index is -0.323. The van der Waals surface area contributed by atoms with E-state index in [1.807, 2.05) is 13.0 Å². The maximum atomic E-state index is 14.3. The van der Waals surface area contributed by atoms with Crippen LogP contribution >= 0.6 is 27.5 Å². The van der Waals surface area contributed by atoms with Crippen LogP contribution < -0.4 is 0 Å². The van der Waals surface area contributed by atoms with Gasteiger partial charge in [-0.2, -0.15) is 0 Å².